The molecule has 0 saturated heterocycles. The third-order valence-corrected chi connectivity index (χ3v) is 6.08. The minimum absolute atomic E-state index is 0.0654. The van der Waals surface area contributed by atoms with Gasteiger partial charge in [0, 0.05) is 10.4 Å². The first-order valence-electron chi connectivity index (χ1n) is 9.81. The molecule has 0 bridgehead atoms. The van der Waals surface area contributed by atoms with Crippen LogP contribution in [0.25, 0.3) is 33.1 Å². The van der Waals surface area contributed by atoms with Crippen LogP contribution >= 0.6 is 11.3 Å². The summed E-state index contributed by atoms with van der Waals surface area (Å²) in [6, 6.07) is 15.6. The number of carbonyl (C=O) groups excluding carboxylic acids is 1. The Morgan fingerprint density at radius 1 is 1.00 bits per heavy atom. The summed E-state index contributed by atoms with van der Waals surface area (Å²) >= 11 is 1.37. The van der Waals surface area contributed by atoms with Crippen molar-refractivity contribution in [2.24, 2.45) is 0 Å². The third kappa shape index (κ3) is 3.38. The van der Waals surface area contributed by atoms with Crippen molar-refractivity contribution in [2.75, 3.05) is 5.32 Å². The standard InChI is InChI=1S/C23H17N5O3S/c1-11-10-16(24-19-17(11)21(30)27-22(31)26-19)20(29)28-23-25-18(12(2)32-23)15-9-5-7-13-6-3-4-8-14(13)15/h3-10H,1-2H3,(H,25,28,29)(H2,24,26,27,30,31). The van der Waals surface area contributed by atoms with Crippen LogP contribution in [-0.2, 0) is 0 Å². The minimum Gasteiger partial charge on any atom is -0.296 e. The lowest BCUT2D eigenvalue weighted by molar-refractivity contribution is 0.102. The molecule has 32 heavy (non-hydrogen) atoms. The number of benzene rings is 2. The van der Waals surface area contributed by atoms with Crippen molar-refractivity contribution in [3.63, 3.8) is 0 Å². The van der Waals surface area contributed by atoms with Crippen LogP contribution in [0.5, 0.6) is 0 Å². The normalized spacial score (nSPS) is 11.2. The zero-order chi connectivity index (χ0) is 22.4. The Morgan fingerprint density at radius 3 is 2.62 bits per heavy atom. The molecule has 3 N–H and O–H groups in total. The van der Waals surface area contributed by atoms with Gasteiger partial charge in [0.25, 0.3) is 11.5 Å². The van der Waals surface area contributed by atoms with E-state index in [4.69, 9.17) is 0 Å². The highest BCUT2D eigenvalue weighted by molar-refractivity contribution is 7.16. The van der Waals surface area contributed by atoms with E-state index < -0.39 is 17.2 Å². The summed E-state index contributed by atoms with van der Waals surface area (Å²) in [6.07, 6.45) is 0. The number of aromatic amines is 2. The van der Waals surface area contributed by atoms with Crippen molar-refractivity contribution in [3.05, 3.63) is 85.5 Å². The Kier molecular flexibility index (Phi) is 4.67. The van der Waals surface area contributed by atoms with E-state index in [0.29, 0.717) is 10.7 Å². The van der Waals surface area contributed by atoms with E-state index >= 15 is 0 Å². The number of fused-ring (bicyclic) bond motifs is 2. The average molecular weight is 443 g/mol. The van der Waals surface area contributed by atoms with Crippen molar-refractivity contribution in [3.8, 4) is 11.3 Å². The summed E-state index contributed by atoms with van der Waals surface area (Å²) < 4.78 is 0. The molecule has 0 spiro atoms. The summed E-state index contributed by atoms with van der Waals surface area (Å²) in [6.45, 7) is 3.64. The van der Waals surface area contributed by atoms with Gasteiger partial charge in [0.1, 0.15) is 11.3 Å². The van der Waals surface area contributed by atoms with Crippen molar-refractivity contribution in [1.82, 2.24) is 19.9 Å². The van der Waals surface area contributed by atoms with Crippen molar-refractivity contribution >= 4 is 44.2 Å². The number of amides is 1. The topological polar surface area (TPSA) is 121 Å². The number of pyridine rings is 1. The van der Waals surface area contributed by atoms with Gasteiger partial charge < -0.3 is 0 Å². The molecule has 158 valence electrons. The van der Waals surface area contributed by atoms with Gasteiger partial charge in [-0.2, -0.15) is 0 Å². The number of aromatic nitrogens is 4. The lowest BCUT2D eigenvalue weighted by atomic mass is 10.0. The first-order valence-corrected chi connectivity index (χ1v) is 10.6. The van der Waals surface area contributed by atoms with E-state index in [1.807, 2.05) is 49.4 Å². The maximum absolute atomic E-state index is 12.9. The summed E-state index contributed by atoms with van der Waals surface area (Å²) in [5.41, 5.74) is 1.25. The minimum atomic E-state index is -0.678. The van der Waals surface area contributed by atoms with E-state index in [1.54, 1.807) is 6.92 Å². The average Bonchev–Trinajstić information content (AvgIpc) is 3.12. The van der Waals surface area contributed by atoms with Crippen LogP contribution in [0.3, 0.4) is 0 Å². The lowest BCUT2D eigenvalue weighted by Crippen LogP contribution is -2.24. The fourth-order valence-electron chi connectivity index (χ4n) is 3.76. The van der Waals surface area contributed by atoms with Crippen LogP contribution in [0.2, 0.25) is 0 Å². The molecule has 0 atom stereocenters. The van der Waals surface area contributed by atoms with E-state index in [0.717, 1.165) is 26.9 Å². The van der Waals surface area contributed by atoms with E-state index in [9.17, 15) is 14.4 Å². The number of anilines is 1. The largest absolute Gasteiger partial charge is 0.327 e. The van der Waals surface area contributed by atoms with E-state index in [2.05, 4.69) is 25.3 Å². The second kappa shape index (κ2) is 7.54. The molecule has 0 radical (unpaired) electrons. The van der Waals surface area contributed by atoms with Crippen LogP contribution < -0.4 is 16.6 Å². The van der Waals surface area contributed by atoms with Crippen LogP contribution in [0.1, 0.15) is 20.9 Å². The number of carbonyl (C=O) groups is 1. The van der Waals surface area contributed by atoms with E-state index in [1.165, 1.54) is 17.4 Å². The van der Waals surface area contributed by atoms with Gasteiger partial charge in [0.05, 0.1) is 11.1 Å². The molecular formula is C23H17N5O3S. The van der Waals surface area contributed by atoms with Gasteiger partial charge in [-0.25, -0.2) is 14.8 Å². The van der Waals surface area contributed by atoms with Crippen LogP contribution in [0, 0.1) is 13.8 Å². The molecule has 3 aromatic heterocycles. The Morgan fingerprint density at radius 2 is 1.78 bits per heavy atom. The van der Waals surface area contributed by atoms with Gasteiger partial charge in [-0.3, -0.25) is 24.9 Å². The first-order chi connectivity index (χ1) is 15.4. The number of rotatable bonds is 3. The highest BCUT2D eigenvalue weighted by Gasteiger charge is 2.17. The monoisotopic (exact) mass is 443 g/mol. The lowest BCUT2D eigenvalue weighted by Gasteiger charge is -2.06. The maximum Gasteiger partial charge on any atom is 0.327 e. The molecule has 1 amide bonds. The number of nitrogens with one attached hydrogen (secondary N) is 3. The van der Waals surface area contributed by atoms with Crippen LogP contribution in [0.15, 0.2) is 58.1 Å². The van der Waals surface area contributed by atoms with Crippen molar-refractivity contribution < 1.29 is 4.79 Å². The molecule has 2 aromatic carbocycles. The molecule has 8 nitrogen and oxygen atoms in total. The molecule has 0 fully saturated rings. The molecule has 0 saturated carbocycles. The third-order valence-electron chi connectivity index (χ3n) is 5.20. The predicted octanol–water partition coefficient (Wildman–Crippen LogP) is 3.76. The number of H-pyrrole nitrogens is 2. The second-order valence-corrected chi connectivity index (χ2v) is 8.56. The molecule has 0 aliphatic heterocycles. The molecular weight excluding hydrogens is 426 g/mol. The SMILES string of the molecule is Cc1sc(NC(=O)c2cc(C)c3c(=O)[nH]c(=O)[nH]c3n2)nc1-c1cccc2ccccc12. The molecule has 3 heterocycles. The zero-order valence-corrected chi connectivity index (χ0v) is 18.0. The summed E-state index contributed by atoms with van der Waals surface area (Å²) in [4.78, 5) is 50.9. The maximum atomic E-state index is 12.9. The Balaban J connectivity index is 1.51. The quantitative estimate of drug-likeness (QED) is 0.392. The van der Waals surface area contributed by atoms with Crippen molar-refractivity contribution in [2.45, 2.75) is 13.8 Å². The predicted molar refractivity (Wildman–Crippen MR) is 125 cm³/mol. The smallest absolute Gasteiger partial charge is 0.296 e. The van der Waals surface area contributed by atoms with Crippen LogP contribution in [0.4, 0.5) is 5.13 Å². The fourth-order valence-corrected chi connectivity index (χ4v) is 4.59. The number of thiazole rings is 1. The number of hydrogen-bond donors (Lipinski definition) is 3. The van der Waals surface area contributed by atoms with Gasteiger partial charge in [-0.1, -0.05) is 42.5 Å². The highest BCUT2D eigenvalue weighted by atomic mass is 32.1. The number of hydrogen-bond acceptors (Lipinski definition) is 6. The first kappa shape index (κ1) is 19.8. The highest BCUT2D eigenvalue weighted by Crippen LogP contribution is 2.34. The summed E-state index contributed by atoms with van der Waals surface area (Å²) in [5.74, 6) is -0.477. The zero-order valence-electron chi connectivity index (χ0n) is 17.1. The summed E-state index contributed by atoms with van der Waals surface area (Å²) in [5, 5.41) is 5.67. The summed E-state index contributed by atoms with van der Waals surface area (Å²) in [7, 11) is 0. The Labute approximate surface area is 185 Å². The van der Waals surface area contributed by atoms with Gasteiger partial charge in [-0.05, 0) is 36.2 Å². The molecule has 5 aromatic rings. The fraction of sp³-hybridized carbons (Fsp3) is 0.0870. The van der Waals surface area contributed by atoms with Crippen LogP contribution in [-0.4, -0.2) is 25.8 Å². The second-order valence-electron chi connectivity index (χ2n) is 7.36. The number of nitrogens with zero attached hydrogens (tertiary/aromatic N) is 2. The molecule has 9 heteroatoms. The van der Waals surface area contributed by atoms with Gasteiger partial charge in [0.2, 0.25) is 0 Å². The molecule has 0 unspecified atom stereocenters. The van der Waals surface area contributed by atoms with Gasteiger partial charge in [0.15, 0.2) is 5.13 Å². The van der Waals surface area contributed by atoms with E-state index in [-0.39, 0.29) is 16.7 Å². The van der Waals surface area contributed by atoms with Gasteiger partial charge >= 0.3 is 5.69 Å². The Bertz CT molecular complexity index is 1640. The molecule has 0 aliphatic carbocycles. The molecule has 0 aliphatic rings. The van der Waals surface area contributed by atoms with Gasteiger partial charge in [-0.15, -0.1) is 11.3 Å². The number of aryl methyl sites for hydroxylation is 2. The van der Waals surface area contributed by atoms with Crippen molar-refractivity contribution in [1.29, 1.82) is 0 Å². The Hall–Kier alpha value is -4.11. The molecule has 5 rings (SSSR count).